The third kappa shape index (κ3) is 5.54. The van der Waals surface area contributed by atoms with Gasteiger partial charge in [0.1, 0.15) is 17.9 Å². The summed E-state index contributed by atoms with van der Waals surface area (Å²) in [6.45, 7) is 7.72. The number of carbonyl (C=O) groups is 1. The molecule has 3 saturated heterocycles. The first-order valence-electron chi connectivity index (χ1n) is 14.9. The number of benzene rings is 1. The number of hydrogen-bond donors (Lipinski definition) is 1. The number of nitrogens with one attached hydrogen (secondary N) is 1. The zero-order valence-corrected chi connectivity index (χ0v) is 23.2. The maximum Gasteiger partial charge on any atom is 0.259 e. The van der Waals surface area contributed by atoms with Crippen molar-refractivity contribution >= 4 is 22.5 Å². The lowest BCUT2D eigenvalue weighted by Gasteiger charge is -2.36. The van der Waals surface area contributed by atoms with Crippen molar-refractivity contribution in [2.45, 2.75) is 51.1 Å². The fourth-order valence-electron chi connectivity index (χ4n) is 6.68. The van der Waals surface area contributed by atoms with E-state index in [1.807, 2.05) is 28.9 Å². The van der Waals surface area contributed by atoms with E-state index in [1.54, 1.807) is 11.1 Å². The van der Waals surface area contributed by atoms with Crippen molar-refractivity contribution in [2.24, 2.45) is 0 Å². The van der Waals surface area contributed by atoms with Crippen molar-refractivity contribution in [1.82, 2.24) is 19.3 Å². The molecule has 214 valence electrons. The second-order valence-electron chi connectivity index (χ2n) is 11.4. The van der Waals surface area contributed by atoms with Crippen molar-refractivity contribution in [2.75, 3.05) is 64.3 Å². The Labute approximate surface area is 235 Å². The highest BCUT2D eigenvalue weighted by Crippen LogP contribution is 2.36. The highest BCUT2D eigenvalue weighted by Gasteiger charge is 2.31. The molecule has 5 heterocycles. The number of likely N-dealkylation sites (tertiary alicyclic amines) is 3. The minimum Gasteiger partial charge on any atom is -0.485 e. The van der Waals surface area contributed by atoms with Gasteiger partial charge in [-0.05, 0) is 76.8 Å². The molecule has 1 N–H and O–H groups in total. The van der Waals surface area contributed by atoms with Gasteiger partial charge in [-0.3, -0.25) is 9.59 Å². The van der Waals surface area contributed by atoms with Crippen LogP contribution in [0.4, 0.5) is 10.1 Å². The van der Waals surface area contributed by atoms with Crippen LogP contribution in [0, 0.1) is 5.82 Å². The SMILES string of the molecule is O=C(c1cn2c3c(c(NCCN4CCCC4)c(F)cc3c1=O)OC/C=C\C=C/C2)N1CCC(N2CCCC2)CC1. The largest absolute Gasteiger partial charge is 0.485 e. The summed E-state index contributed by atoms with van der Waals surface area (Å²) in [5.74, 6) is -0.494. The van der Waals surface area contributed by atoms with Crippen molar-refractivity contribution in [3.8, 4) is 5.75 Å². The molecule has 0 aliphatic carbocycles. The quantitative estimate of drug-likeness (QED) is 0.591. The first-order valence-corrected chi connectivity index (χ1v) is 14.9. The summed E-state index contributed by atoms with van der Waals surface area (Å²) in [5.41, 5.74) is 0.426. The van der Waals surface area contributed by atoms with E-state index in [4.69, 9.17) is 4.74 Å². The molecule has 9 heteroatoms. The molecule has 0 saturated carbocycles. The monoisotopic (exact) mass is 549 g/mol. The van der Waals surface area contributed by atoms with Crippen LogP contribution in [-0.2, 0) is 6.54 Å². The Morgan fingerprint density at radius 1 is 1.00 bits per heavy atom. The minimum atomic E-state index is -0.542. The van der Waals surface area contributed by atoms with E-state index in [0.717, 1.165) is 45.6 Å². The summed E-state index contributed by atoms with van der Waals surface area (Å²) in [6.07, 6.45) is 16.0. The molecule has 1 aromatic heterocycles. The number of nitrogens with zero attached hydrogens (tertiary/aromatic N) is 4. The number of hydrogen-bond acceptors (Lipinski definition) is 6. The molecular formula is C31H40FN5O3. The number of aromatic nitrogens is 1. The molecular weight excluding hydrogens is 509 g/mol. The summed E-state index contributed by atoms with van der Waals surface area (Å²) in [6, 6.07) is 1.79. The Morgan fingerprint density at radius 2 is 1.73 bits per heavy atom. The van der Waals surface area contributed by atoms with Crippen LogP contribution in [0.3, 0.4) is 0 Å². The predicted octanol–water partition coefficient (Wildman–Crippen LogP) is 3.85. The van der Waals surface area contributed by atoms with E-state index in [0.29, 0.717) is 43.5 Å². The number of halogens is 1. The van der Waals surface area contributed by atoms with Gasteiger partial charge in [-0.2, -0.15) is 0 Å². The Hall–Kier alpha value is -3.17. The molecule has 8 nitrogen and oxygen atoms in total. The zero-order valence-electron chi connectivity index (χ0n) is 23.2. The van der Waals surface area contributed by atoms with E-state index in [2.05, 4.69) is 15.1 Å². The molecule has 1 aromatic carbocycles. The molecule has 0 spiro atoms. The van der Waals surface area contributed by atoms with Crippen LogP contribution in [0.5, 0.6) is 5.75 Å². The molecule has 4 aliphatic rings. The second-order valence-corrected chi connectivity index (χ2v) is 11.4. The number of ether oxygens (including phenoxy) is 1. The van der Waals surface area contributed by atoms with Gasteiger partial charge in [0.25, 0.3) is 5.91 Å². The van der Waals surface area contributed by atoms with E-state index in [9.17, 15) is 9.59 Å². The summed E-state index contributed by atoms with van der Waals surface area (Å²) in [5, 5.41) is 3.43. The molecule has 40 heavy (non-hydrogen) atoms. The van der Waals surface area contributed by atoms with E-state index in [1.165, 1.54) is 31.7 Å². The van der Waals surface area contributed by atoms with Gasteiger partial charge in [0.05, 0.1) is 10.9 Å². The molecule has 2 aromatic rings. The molecule has 6 rings (SSSR count). The van der Waals surface area contributed by atoms with Crippen LogP contribution in [0.2, 0.25) is 0 Å². The normalized spacial score (nSPS) is 22.4. The van der Waals surface area contributed by atoms with Gasteiger partial charge in [0.15, 0.2) is 11.6 Å². The molecule has 0 radical (unpaired) electrons. The van der Waals surface area contributed by atoms with Crippen molar-refractivity contribution in [3.63, 3.8) is 0 Å². The topological polar surface area (TPSA) is 70.0 Å². The van der Waals surface area contributed by atoms with Crippen molar-refractivity contribution < 1.29 is 13.9 Å². The number of rotatable bonds is 6. The van der Waals surface area contributed by atoms with Gasteiger partial charge in [0.2, 0.25) is 5.43 Å². The van der Waals surface area contributed by atoms with E-state index < -0.39 is 11.2 Å². The van der Waals surface area contributed by atoms with Gasteiger partial charge in [0, 0.05) is 45.0 Å². The first-order chi connectivity index (χ1) is 19.6. The molecule has 3 fully saturated rings. The Bertz CT molecular complexity index is 1350. The van der Waals surface area contributed by atoms with Crippen molar-refractivity contribution in [3.05, 3.63) is 58.2 Å². The lowest BCUT2D eigenvalue weighted by molar-refractivity contribution is 0.0642. The van der Waals surface area contributed by atoms with Crippen LogP contribution in [0.15, 0.2) is 41.4 Å². The summed E-state index contributed by atoms with van der Waals surface area (Å²) in [7, 11) is 0. The van der Waals surface area contributed by atoms with Crippen LogP contribution < -0.4 is 15.5 Å². The van der Waals surface area contributed by atoms with Crippen LogP contribution >= 0.6 is 0 Å². The predicted molar refractivity (Wildman–Crippen MR) is 156 cm³/mol. The number of anilines is 1. The number of carbonyl (C=O) groups excluding carboxylic acids is 1. The highest BCUT2D eigenvalue weighted by atomic mass is 19.1. The average molecular weight is 550 g/mol. The molecule has 0 unspecified atom stereocenters. The Kier molecular flexibility index (Phi) is 8.20. The molecule has 0 bridgehead atoms. The Morgan fingerprint density at radius 3 is 2.50 bits per heavy atom. The average Bonchev–Trinajstić information content (AvgIpc) is 3.70. The number of pyridine rings is 1. The molecule has 0 atom stereocenters. The zero-order chi connectivity index (χ0) is 27.5. The fraction of sp³-hybridized carbons (Fsp3) is 0.548. The summed E-state index contributed by atoms with van der Waals surface area (Å²) < 4.78 is 23.6. The van der Waals surface area contributed by atoms with Crippen LogP contribution in [-0.4, -0.2) is 90.2 Å². The van der Waals surface area contributed by atoms with E-state index in [-0.39, 0.29) is 29.2 Å². The van der Waals surface area contributed by atoms with Crippen LogP contribution in [0.25, 0.3) is 10.9 Å². The number of piperidine rings is 1. The lowest BCUT2D eigenvalue weighted by atomic mass is 10.0. The van der Waals surface area contributed by atoms with Gasteiger partial charge in [-0.15, -0.1) is 0 Å². The third-order valence-electron chi connectivity index (χ3n) is 8.85. The first kappa shape index (κ1) is 27.0. The number of allylic oxidation sites excluding steroid dienone is 3. The van der Waals surface area contributed by atoms with Gasteiger partial charge < -0.3 is 29.3 Å². The molecule has 4 aliphatic heterocycles. The Balaban J connectivity index is 1.32. The van der Waals surface area contributed by atoms with Gasteiger partial charge in [-0.1, -0.05) is 18.2 Å². The van der Waals surface area contributed by atoms with Crippen LogP contribution in [0.1, 0.15) is 48.9 Å². The second kappa shape index (κ2) is 12.1. The lowest BCUT2D eigenvalue weighted by Crippen LogP contribution is -2.46. The maximum absolute atomic E-state index is 15.7. The standard InChI is InChI=1S/C31H40FN5O3/c32-26-21-24-28-30(27(26)33-11-19-34-12-4-5-13-34)40-20-8-2-1-3-16-37(28)22-25(29(24)38)31(39)36-17-9-23(10-18-36)35-14-6-7-15-35/h1-3,8,21-23,33H,4-7,9-20H2/b3-1-,8-2-. The summed E-state index contributed by atoms with van der Waals surface area (Å²) in [4.78, 5) is 34.2. The fourth-order valence-corrected chi connectivity index (χ4v) is 6.68. The highest BCUT2D eigenvalue weighted by molar-refractivity contribution is 5.99. The van der Waals surface area contributed by atoms with Gasteiger partial charge >= 0.3 is 0 Å². The smallest absolute Gasteiger partial charge is 0.259 e. The van der Waals surface area contributed by atoms with E-state index >= 15 is 4.39 Å². The van der Waals surface area contributed by atoms with Crippen molar-refractivity contribution in [1.29, 1.82) is 0 Å². The number of amides is 1. The third-order valence-corrected chi connectivity index (χ3v) is 8.85. The summed E-state index contributed by atoms with van der Waals surface area (Å²) >= 11 is 0. The van der Waals surface area contributed by atoms with Gasteiger partial charge in [-0.25, -0.2) is 4.39 Å². The molecule has 1 amide bonds. The maximum atomic E-state index is 15.7. The minimum absolute atomic E-state index is 0.0909.